The standard InChI is InChI=1S/C18H18FN3/c1-12-15(5-4-14-8-16(19)11-21-9-14)6-7-17(18(12)20)22-10-13-2-3-13/h6-9,11,13,22H,2-3,10,20H2,1H3. The molecule has 22 heavy (non-hydrogen) atoms. The van der Waals surface area contributed by atoms with Crippen LogP contribution in [0.1, 0.15) is 29.5 Å². The quantitative estimate of drug-likeness (QED) is 0.674. The minimum atomic E-state index is -0.386. The molecule has 1 aromatic carbocycles. The van der Waals surface area contributed by atoms with Gasteiger partial charge in [-0.05, 0) is 49.4 Å². The topological polar surface area (TPSA) is 50.9 Å². The van der Waals surface area contributed by atoms with Crippen molar-refractivity contribution in [3.8, 4) is 11.8 Å². The molecule has 1 heterocycles. The Kier molecular flexibility index (Phi) is 3.97. The number of benzene rings is 1. The molecule has 2 aromatic rings. The van der Waals surface area contributed by atoms with Crippen molar-refractivity contribution < 1.29 is 4.39 Å². The highest BCUT2D eigenvalue weighted by molar-refractivity contribution is 5.73. The van der Waals surface area contributed by atoms with Crippen LogP contribution in [0.4, 0.5) is 15.8 Å². The molecule has 3 N–H and O–H groups in total. The number of anilines is 2. The molecule has 1 aliphatic carbocycles. The fourth-order valence-electron chi connectivity index (χ4n) is 2.21. The van der Waals surface area contributed by atoms with Crippen molar-refractivity contribution in [2.24, 2.45) is 5.92 Å². The van der Waals surface area contributed by atoms with Crippen molar-refractivity contribution in [2.45, 2.75) is 19.8 Å². The molecule has 4 heteroatoms. The fourth-order valence-corrected chi connectivity index (χ4v) is 2.21. The Bertz CT molecular complexity index is 755. The lowest BCUT2D eigenvalue weighted by molar-refractivity contribution is 0.621. The number of nitrogens with zero attached hydrogens (tertiary/aromatic N) is 1. The van der Waals surface area contributed by atoms with Crippen LogP contribution in [-0.4, -0.2) is 11.5 Å². The summed E-state index contributed by atoms with van der Waals surface area (Å²) in [7, 11) is 0. The van der Waals surface area contributed by atoms with E-state index < -0.39 is 0 Å². The zero-order valence-electron chi connectivity index (χ0n) is 12.5. The maximum atomic E-state index is 13.1. The Hall–Kier alpha value is -2.54. The SMILES string of the molecule is Cc1c(C#Cc2cncc(F)c2)ccc(NCC2CC2)c1N. The van der Waals surface area contributed by atoms with Gasteiger partial charge in [0, 0.05) is 23.9 Å². The van der Waals surface area contributed by atoms with E-state index in [0.29, 0.717) is 5.56 Å². The molecule has 0 spiro atoms. The summed E-state index contributed by atoms with van der Waals surface area (Å²) >= 11 is 0. The highest BCUT2D eigenvalue weighted by atomic mass is 19.1. The molecule has 112 valence electrons. The van der Waals surface area contributed by atoms with Crippen molar-refractivity contribution in [1.29, 1.82) is 0 Å². The summed E-state index contributed by atoms with van der Waals surface area (Å²) in [6, 6.07) is 5.27. The molecule has 1 aromatic heterocycles. The van der Waals surface area contributed by atoms with Gasteiger partial charge in [-0.15, -0.1) is 0 Å². The van der Waals surface area contributed by atoms with Crippen LogP contribution >= 0.6 is 0 Å². The predicted octanol–water partition coefficient (Wildman–Crippen LogP) is 3.33. The zero-order chi connectivity index (χ0) is 15.5. The van der Waals surface area contributed by atoms with E-state index in [0.717, 1.165) is 41.2 Å². The third-order valence-electron chi connectivity index (χ3n) is 3.84. The fraction of sp³-hybridized carbons (Fsp3) is 0.278. The van der Waals surface area contributed by atoms with Crippen LogP contribution in [-0.2, 0) is 0 Å². The van der Waals surface area contributed by atoms with E-state index in [4.69, 9.17) is 5.73 Å². The Balaban J connectivity index is 1.81. The number of hydrogen-bond acceptors (Lipinski definition) is 3. The highest BCUT2D eigenvalue weighted by Gasteiger charge is 2.21. The van der Waals surface area contributed by atoms with Gasteiger partial charge in [-0.3, -0.25) is 4.98 Å². The van der Waals surface area contributed by atoms with Crippen LogP contribution in [0.2, 0.25) is 0 Å². The van der Waals surface area contributed by atoms with Crippen LogP contribution in [0.25, 0.3) is 0 Å². The van der Waals surface area contributed by atoms with E-state index >= 15 is 0 Å². The summed E-state index contributed by atoms with van der Waals surface area (Å²) in [4.78, 5) is 3.79. The van der Waals surface area contributed by atoms with Crippen LogP contribution in [0.5, 0.6) is 0 Å². The van der Waals surface area contributed by atoms with Gasteiger partial charge >= 0.3 is 0 Å². The molecule has 3 rings (SSSR count). The minimum Gasteiger partial charge on any atom is -0.397 e. The van der Waals surface area contributed by atoms with Crippen molar-refractivity contribution in [3.05, 3.63) is 53.1 Å². The molecule has 0 unspecified atom stereocenters. The molecule has 0 bridgehead atoms. The minimum absolute atomic E-state index is 0.386. The average Bonchev–Trinajstić information content (AvgIpc) is 3.32. The molecule has 0 amide bonds. The Morgan fingerprint density at radius 3 is 2.86 bits per heavy atom. The third kappa shape index (κ3) is 3.37. The van der Waals surface area contributed by atoms with E-state index in [2.05, 4.69) is 22.1 Å². The van der Waals surface area contributed by atoms with Gasteiger partial charge in [0.25, 0.3) is 0 Å². The first kappa shape index (κ1) is 14.4. The molecule has 0 saturated heterocycles. The van der Waals surface area contributed by atoms with Crippen LogP contribution in [0.3, 0.4) is 0 Å². The lowest BCUT2D eigenvalue weighted by atomic mass is 10.1. The number of nitrogen functional groups attached to an aromatic ring is 1. The number of rotatable bonds is 3. The largest absolute Gasteiger partial charge is 0.397 e. The normalized spacial score (nSPS) is 13.4. The van der Waals surface area contributed by atoms with Crippen LogP contribution in [0, 0.1) is 30.5 Å². The van der Waals surface area contributed by atoms with Crippen molar-refractivity contribution in [3.63, 3.8) is 0 Å². The van der Waals surface area contributed by atoms with E-state index in [-0.39, 0.29) is 5.82 Å². The molecular weight excluding hydrogens is 277 g/mol. The Labute approximate surface area is 129 Å². The molecule has 3 nitrogen and oxygen atoms in total. The smallest absolute Gasteiger partial charge is 0.142 e. The number of nitrogens with one attached hydrogen (secondary N) is 1. The molecule has 0 radical (unpaired) electrons. The number of pyridine rings is 1. The van der Waals surface area contributed by atoms with Gasteiger partial charge in [0.1, 0.15) is 5.82 Å². The van der Waals surface area contributed by atoms with E-state index in [1.807, 2.05) is 19.1 Å². The predicted molar refractivity (Wildman–Crippen MR) is 87.0 cm³/mol. The zero-order valence-corrected chi connectivity index (χ0v) is 12.5. The maximum absolute atomic E-state index is 13.1. The van der Waals surface area contributed by atoms with Gasteiger partial charge in [-0.2, -0.15) is 0 Å². The monoisotopic (exact) mass is 295 g/mol. The molecule has 1 aliphatic rings. The number of aromatic nitrogens is 1. The first-order valence-electron chi connectivity index (χ1n) is 7.39. The summed E-state index contributed by atoms with van der Waals surface area (Å²) < 4.78 is 13.1. The lowest BCUT2D eigenvalue weighted by Gasteiger charge is -2.12. The van der Waals surface area contributed by atoms with Gasteiger partial charge in [0.15, 0.2) is 0 Å². The van der Waals surface area contributed by atoms with Gasteiger partial charge in [0.05, 0.1) is 17.6 Å². The molecular formula is C18H18FN3. The summed E-state index contributed by atoms with van der Waals surface area (Å²) in [5, 5.41) is 3.39. The maximum Gasteiger partial charge on any atom is 0.142 e. The molecule has 0 atom stereocenters. The number of halogens is 1. The average molecular weight is 295 g/mol. The summed E-state index contributed by atoms with van der Waals surface area (Å²) in [6.07, 6.45) is 5.31. The van der Waals surface area contributed by atoms with Crippen LogP contribution < -0.4 is 11.1 Å². The second kappa shape index (κ2) is 6.07. The number of nitrogens with two attached hydrogens (primary N) is 1. The van der Waals surface area contributed by atoms with E-state index in [1.165, 1.54) is 18.9 Å². The first-order valence-corrected chi connectivity index (χ1v) is 7.39. The van der Waals surface area contributed by atoms with Crippen LogP contribution in [0.15, 0.2) is 30.6 Å². The van der Waals surface area contributed by atoms with E-state index in [1.54, 1.807) is 6.20 Å². The third-order valence-corrected chi connectivity index (χ3v) is 3.84. The van der Waals surface area contributed by atoms with Crippen molar-refractivity contribution in [1.82, 2.24) is 4.98 Å². The Morgan fingerprint density at radius 1 is 1.32 bits per heavy atom. The first-order chi connectivity index (χ1) is 10.6. The second-order valence-corrected chi connectivity index (χ2v) is 5.67. The molecule has 0 aliphatic heterocycles. The second-order valence-electron chi connectivity index (χ2n) is 5.67. The van der Waals surface area contributed by atoms with Gasteiger partial charge < -0.3 is 11.1 Å². The lowest BCUT2D eigenvalue weighted by Crippen LogP contribution is -2.07. The van der Waals surface area contributed by atoms with E-state index in [9.17, 15) is 4.39 Å². The highest BCUT2D eigenvalue weighted by Crippen LogP contribution is 2.31. The van der Waals surface area contributed by atoms with Gasteiger partial charge in [0.2, 0.25) is 0 Å². The molecule has 1 saturated carbocycles. The van der Waals surface area contributed by atoms with Crippen molar-refractivity contribution >= 4 is 11.4 Å². The van der Waals surface area contributed by atoms with Gasteiger partial charge in [-0.25, -0.2) is 4.39 Å². The Morgan fingerprint density at radius 2 is 2.14 bits per heavy atom. The van der Waals surface area contributed by atoms with Gasteiger partial charge in [-0.1, -0.05) is 11.8 Å². The number of hydrogen-bond donors (Lipinski definition) is 2. The summed E-state index contributed by atoms with van der Waals surface area (Å²) in [5.41, 5.74) is 10.2. The summed E-state index contributed by atoms with van der Waals surface area (Å²) in [5.74, 6) is 6.36. The van der Waals surface area contributed by atoms with Crippen molar-refractivity contribution in [2.75, 3.05) is 17.6 Å². The summed E-state index contributed by atoms with van der Waals surface area (Å²) in [6.45, 7) is 2.93. The molecule has 1 fully saturated rings.